The van der Waals surface area contributed by atoms with E-state index in [2.05, 4.69) is 66.2 Å². The van der Waals surface area contributed by atoms with E-state index in [-0.39, 0.29) is 6.04 Å². The monoisotopic (exact) mass is 243 g/mol. The number of aryl methyl sites for hydroxylation is 2. The van der Waals surface area contributed by atoms with Gasteiger partial charge in [0.25, 0.3) is 0 Å². The van der Waals surface area contributed by atoms with Crippen molar-refractivity contribution < 1.29 is 0 Å². The van der Waals surface area contributed by atoms with Gasteiger partial charge in [0.15, 0.2) is 0 Å². The Morgan fingerprint density at radius 1 is 1.28 bits per heavy atom. The molecule has 1 heterocycles. The molecule has 0 spiro atoms. The van der Waals surface area contributed by atoms with Gasteiger partial charge in [0.1, 0.15) is 0 Å². The number of aromatic nitrogens is 2. The minimum atomic E-state index is 0.274. The molecule has 0 fully saturated rings. The molecule has 2 aromatic rings. The molecule has 96 valence electrons. The van der Waals surface area contributed by atoms with E-state index < -0.39 is 0 Å². The van der Waals surface area contributed by atoms with Crippen molar-refractivity contribution in [1.29, 1.82) is 0 Å². The molecule has 1 aromatic heterocycles. The van der Waals surface area contributed by atoms with Gasteiger partial charge >= 0.3 is 0 Å². The van der Waals surface area contributed by atoms with Crippen LogP contribution in [-0.2, 0) is 6.54 Å². The lowest BCUT2D eigenvalue weighted by atomic mass is 10.1. The van der Waals surface area contributed by atoms with Crippen molar-refractivity contribution in [1.82, 2.24) is 15.1 Å². The lowest BCUT2D eigenvalue weighted by Crippen LogP contribution is -2.12. The molecule has 0 aliphatic heterocycles. The minimum Gasteiger partial charge on any atom is -0.314 e. The summed E-state index contributed by atoms with van der Waals surface area (Å²) < 4.78 is 2.10. The summed E-state index contributed by atoms with van der Waals surface area (Å²) in [5.41, 5.74) is 4.89. The first-order valence-electron chi connectivity index (χ1n) is 6.38. The van der Waals surface area contributed by atoms with Crippen molar-refractivity contribution in [3.8, 4) is 0 Å². The molecule has 0 saturated heterocycles. The smallest absolute Gasteiger partial charge is 0.0765 e. The lowest BCUT2D eigenvalue weighted by molar-refractivity contribution is 0.540. The average Bonchev–Trinajstić information content (AvgIpc) is 2.70. The van der Waals surface area contributed by atoms with Gasteiger partial charge in [-0.2, -0.15) is 5.10 Å². The summed E-state index contributed by atoms with van der Waals surface area (Å²) in [5, 5.41) is 7.80. The predicted molar refractivity (Wildman–Crippen MR) is 74.7 cm³/mol. The SMILES string of the molecule is CNCc1cc(C)n(C(C)c2cccc(C)c2)n1. The van der Waals surface area contributed by atoms with Crippen LogP contribution in [0.15, 0.2) is 30.3 Å². The summed E-state index contributed by atoms with van der Waals surface area (Å²) in [4.78, 5) is 0. The summed E-state index contributed by atoms with van der Waals surface area (Å²) in [7, 11) is 1.94. The summed E-state index contributed by atoms with van der Waals surface area (Å²) >= 11 is 0. The molecule has 0 aliphatic rings. The predicted octanol–water partition coefficient (Wildman–Crippen LogP) is 2.83. The third-order valence-corrected chi connectivity index (χ3v) is 3.22. The van der Waals surface area contributed by atoms with E-state index in [4.69, 9.17) is 0 Å². The highest BCUT2D eigenvalue weighted by Gasteiger charge is 2.12. The van der Waals surface area contributed by atoms with Gasteiger partial charge in [-0.15, -0.1) is 0 Å². The second kappa shape index (κ2) is 5.36. The van der Waals surface area contributed by atoms with Gasteiger partial charge in [0, 0.05) is 12.2 Å². The zero-order valence-corrected chi connectivity index (χ0v) is 11.6. The van der Waals surface area contributed by atoms with Crippen LogP contribution in [0.5, 0.6) is 0 Å². The summed E-state index contributed by atoms with van der Waals surface area (Å²) in [6.45, 7) is 7.24. The Morgan fingerprint density at radius 3 is 2.72 bits per heavy atom. The van der Waals surface area contributed by atoms with Crippen LogP contribution in [0.4, 0.5) is 0 Å². The molecule has 1 N–H and O–H groups in total. The second-order valence-corrected chi connectivity index (χ2v) is 4.84. The molecule has 1 atom stereocenters. The van der Waals surface area contributed by atoms with Crippen LogP contribution in [0.2, 0.25) is 0 Å². The molecule has 3 nitrogen and oxygen atoms in total. The van der Waals surface area contributed by atoms with Crippen LogP contribution in [0.25, 0.3) is 0 Å². The maximum absolute atomic E-state index is 4.66. The fourth-order valence-electron chi connectivity index (χ4n) is 2.28. The van der Waals surface area contributed by atoms with Gasteiger partial charge in [-0.3, -0.25) is 4.68 Å². The molecular weight excluding hydrogens is 222 g/mol. The number of rotatable bonds is 4. The van der Waals surface area contributed by atoms with Crippen LogP contribution in [-0.4, -0.2) is 16.8 Å². The van der Waals surface area contributed by atoms with Gasteiger partial charge in [-0.05, 0) is 39.4 Å². The second-order valence-electron chi connectivity index (χ2n) is 4.84. The van der Waals surface area contributed by atoms with E-state index in [9.17, 15) is 0 Å². The summed E-state index contributed by atoms with van der Waals surface area (Å²) in [6, 6.07) is 11.0. The Balaban J connectivity index is 2.30. The van der Waals surface area contributed by atoms with Gasteiger partial charge in [-0.1, -0.05) is 29.8 Å². The fraction of sp³-hybridized carbons (Fsp3) is 0.400. The van der Waals surface area contributed by atoms with Crippen LogP contribution in [0, 0.1) is 13.8 Å². The fourth-order valence-corrected chi connectivity index (χ4v) is 2.28. The molecule has 0 bridgehead atoms. The average molecular weight is 243 g/mol. The van der Waals surface area contributed by atoms with Crippen molar-refractivity contribution in [2.45, 2.75) is 33.4 Å². The lowest BCUT2D eigenvalue weighted by Gasteiger charge is -2.15. The van der Waals surface area contributed by atoms with Crippen molar-refractivity contribution in [3.63, 3.8) is 0 Å². The van der Waals surface area contributed by atoms with Crippen molar-refractivity contribution in [2.24, 2.45) is 0 Å². The normalized spacial score (nSPS) is 12.7. The first-order valence-corrected chi connectivity index (χ1v) is 6.38. The maximum atomic E-state index is 4.66. The van der Waals surface area contributed by atoms with Crippen LogP contribution < -0.4 is 5.32 Å². The molecule has 1 unspecified atom stereocenters. The molecule has 1 aromatic carbocycles. The quantitative estimate of drug-likeness (QED) is 0.895. The summed E-state index contributed by atoms with van der Waals surface area (Å²) in [6.07, 6.45) is 0. The molecule has 0 radical (unpaired) electrons. The Morgan fingerprint density at radius 2 is 2.06 bits per heavy atom. The van der Waals surface area contributed by atoms with E-state index >= 15 is 0 Å². The van der Waals surface area contributed by atoms with Gasteiger partial charge in [-0.25, -0.2) is 0 Å². The molecule has 18 heavy (non-hydrogen) atoms. The summed E-state index contributed by atoms with van der Waals surface area (Å²) in [5.74, 6) is 0. The number of hydrogen-bond acceptors (Lipinski definition) is 2. The number of nitrogens with zero attached hydrogens (tertiary/aromatic N) is 2. The molecule has 0 aliphatic carbocycles. The third-order valence-electron chi connectivity index (χ3n) is 3.22. The van der Waals surface area contributed by atoms with E-state index in [0.717, 1.165) is 12.2 Å². The van der Waals surface area contributed by atoms with Crippen LogP contribution in [0.3, 0.4) is 0 Å². The van der Waals surface area contributed by atoms with Crippen LogP contribution in [0.1, 0.15) is 35.5 Å². The Hall–Kier alpha value is -1.61. The zero-order chi connectivity index (χ0) is 13.1. The number of hydrogen-bond donors (Lipinski definition) is 1. The minimum absolute atomic E-state index is 0.274. The Bertz CT molecular complexity index is 528. The largest absolute Gasteiger partial charge is 0.314 e. The first-order chi connectivity index (χ1) is 8.61. The van der Waals surface area contributed by atoms with E-state index in [1.165, 1.54) is 16.8 Å². The third kappa shape index (κ3) is 2.62. The van der Waals surface area contributed by atoms with Crippen molar-refractivity contribution in [2.75, 3.05) is 7.05 Å². The highest BCUT2D eigenvalue weighted by atomic mass is 15.3. The van der Waals surface area contributed by atoms with Crippen molar-refractivity contribution >= 4 is 0 Å². The van der Waals surface area contributed by atoms with Crippen molar-refractivity contribution in [3.05, 3.63) is 52.8 Å². The molecule has 3 heteroatoms. The van der Waals surface area contributed by atoms with E-state index in [1.807, 2.05) is 7.05 Å². The van der Waals surface area contributed by atoms with E-state index in [1.54, 1.807) is 0 Å². The maximum Gasteiger partial charge on any atom is 0.0765 e. The first kappa shape index (κ1) is 12.8. The topological polar surface area (TPSA) is 29.9 Å². The molecule has 0 amide bonds. The van der Waals surface area contributed by atoms with Crippen LogP contribution >= 0.6 is 0 Å². The zero-order valence-electron chi connectivity index (χ0n) is 11.6. The highest BCUT2D eigenvalue weighted by molar-refractivity contribution is 5.26. The molecule has 0 saturated carbocycles. The number of nitrogens with one attached hydrogen (secondary N) is 1. The van der Waals surface area contributed by atoms with Gasteiger partial charge in [0.05, 0.1) is 11.7 Å². The standard InChI is InChI=1S/C15H21N3/c1-11-6-5-7-14(8-11)13(3)18-12(2)9-15(17-18)10-16-4/h5-9,13,16H,10H2,1-4H3. The Labute approximate surface area is 109 Å². The highest BCUT2D eigenvalue weighted by Crippen LogP contribution is 2.20. The van der Waals surface area contributed by atoms with Gasteiger partial charge in [0.2, 0.25) is 0 Å². The van der Waals surface area contributed by atoms with Gasteiger partial charge < -0.3 is 5.32 Å². The number of benzene rings is 1. The Kier molecular flexibility index (Phi) is 3.82. The van der Waals surface area contributed by atoms with E-state index in [0.29, 0.717) is 0 Å². The molecular formula is C15H21N3. The molecule has 2 rings (SSSR count).